The van der Waals surface area contributed by atoms with Crippen molar-refractivity contribution in [1.82, 2.24) is 15.1 Å². The number of nitrogens with zero attached hydrogens (tertiary/aromatic N) is 2. The van der Waals surface area contributed by atoms with Crippen LogP contribution in [0.5, 0.6) is 0 Å². The first-order valence-electron chi connectivity index (χ1n) is 6.73. The van der Waals surface area contributed by atoms with Crippen molar-refractivity contribution in [2.75, 3.05) is 0 Å². The molecule has 98 valence electrons. The Morgan fingerprint density at radius 3 is 2.24 bits per heavy atom. The van der Waals surface area contributed by atoms with Gasteiger partial charge in [-0.05, 0) is 26.7 Å². The molecule has 0 spiro atoms. The highest BCUT2D eigenvalue weighted by Crippen LogP contribution is 2.15. The van der Waals surface area contributed by atoms with Crippen LogP contribution in [-0.4, -0.2) is 15.8 Å². The van der Waals surface area contributed by atoms with Gasteiger partial charge in [0.25, 0.3) is 0 Å². The third-order valence-corrected chi connectivity index (χ3v) is 4.02. The van der Waals surface area contributed by atoms with Gasteiger partial charge >= 0.3 is 0 Å². The van der Waals surface area contributed by atoms with Crippen molar-refractivity contribution in [2.24, 2.45) is 13.0 Å². The molecule has 17 heavy (non-hydrogen) atoms. The number of rotatable bonds is 6. The van der Waals surface area contributed by atoms with Gasteiger partial charge in [-0.3, -0.25) is 4.68 Å². The van der Waals surface area contributed by atoms with Crippen LogP contribution in [0.25, 0.3) is 0 Å². The molecule has 1 heterocycles. The van der Waals surface area contributed by atoms with Crippen LogP contribution in [-0.2, 0) is 13.6 Å². The second-order valence-corrected chi connectivity index (χ2v) is 5.02. The van der Waals surface area contributed by atoms with Gasteiger partial charge in [-0.1, -0.05) is 26.7 Å². The van der Waals surface area contributed by atoms with Crippen LogP contribution in [0.2, 0.25) is 0 Å². The molecule has 0 aliphatic rings. The zero-order valence-electron chi connectivity index (χ0n) is 12.2. The first kappa shape index (κ1) is 14.2. The van der Waals surface area contributed by atoms with Crippen molar-refractivity contribution in [1.29, 1.82) is 0 Å². The van der Waals surface area contributed by atoms with E-state index in [1.54, 1.807) is 0 Å². The number of hydrogen-bond donors (Lipinski definition) is 1. The van der Waals surface area contributed by atoms with E-state index in [4.69, 9.17) is 0 Å². The summed E-state index contributed by atoms with van der Waals surface area (Å²) in [6, 6.07) is 0.573. The molecule has 0 aliphatic heterocycles. The maximum Gasteiger partial charge on any atom is 0.0641 e. The Morgan fingerprint density at radius 2 is 1.82 bits per heavy atom. The molecule has 0 aliphatic carbocycles. The number of nitrogens with one attached hydrogen (secondary N) is 1. The first-order valence-corrected chi connectivity index (χ1v) is 6.73. The predicted molar refractivity (Wildman–Crippen MR) is 73.1 cm³/mol. The van der Waals surface area contributed by atoms with E-state index in [1.807, 2.05) is 11.7 Å². The summed E-state index contributed by atoms with van der Waals surface area (Å²) in [5.41, 5.74) is 3.77. The first-order chi connectivity index (χ1) is 8.01. The SMILES string of the molecule is CCC(CC)C(C)NCc1c(C)nn(C)c1C. The average molecular weight is 237 g/mol. The molecule has 0 radical (unpaired) electrons. The lowest BCUT2D eigenvalue weighted by molar-refractivity contribution is 0.352. The Bertz CT molecular complexity index is 351. The van der Waals surface area contributed by atoms with Crippen LogP contribution in [0, 0.1) is 19.8 Å². The van der Waals surface area contributed by atoms with E-state index in [0.717, 1.165) is 18.2 Å². The molecule has 0 fully saturated rings. The Morgan fingerprint density at radius 1 is 1.24 bits per heavy atom. The topological polar surface area (TPSA) is 29.9 Å². The third kappa shape index (κ3) is 3.32. The highest BCUT2D eigenvalue weighted by atomic mass is 15.3. The van der Waals surface area contributed by atoms with Crippen molar-refractivity contribution < 1.29 is 0 Å². The summed E-state index contributed by atoms with van der Waals surface area (Å²) in [6.07, 6.45) is 2.49. The second kappa shape index (κ2) is 6.20. The summed E-state index contributed by atoms with van der Waals surface area (Å²) in [4.78, 5) is 0. The molecule has 0 bridgehead atoms. The van der Waals surface area contributed by atoms with Gasteiger partial charge in [0.05, 0.1) is 5.69 Å². The highest BCUT2D eigenvalue weighted by Gasteiger charge is 2.15. The van der Waals surface area contributed by atoms with E-state index in [9.17, 15) is 0 Å². The Hall–Kier alpha value is -0.830. The van der Waals surface area contributed by atoms with E-state index in [0.29, 0.717) is 6.04 Å². The maximum absolute atomic E-state index is 4.45. The fourth-order valence-electron chi connectivity index (χ4n) is 2.50. The van der Waals surface area contributed by atoms with Crippen molar-refractivity contribution in [2.45, 2.75) is 60.0 Å². The van der Waals surface area contributed by atoms with E-state index in [2.05, 4.69) is 45.0 Å². The van der Waals surface area contributed by atoms with E-state index in [-0.39, 0.29) is 0 Å². The molecule has 1 aromatic heterocycles. The van der Waals surface area contributed by atoms with Crippen molar-refractivity contribution >= 4 is 0 Å². The summed E-state index contributed by atoms with van der Waals surface area (Å²) in [5, 5.41) is 8.09. The lowest BCUT2D eigenvalue weighted by atomic mass is 9.95. The standard InChI is InChI=1S/C14H27N3/c1-7-13(8-2)10(3)15-9-14-11(4)16-17(6)12(14)5/h10,13,15H,7-9H2,1-6H3. The molecule has 1 unspecified atom stereocenters. The lowest BCUT2D eigenvalue weighted by Crippen LogP contribution is -2.32. The summed E-state index contributed by atoms with van der Waals surface area (Å²) >= 11 is 0. The van der Waals surface area contributed by atoms with Gasteiger partial charge in [0.15, 0.2) is 0 Å². The van der Waals surface area contributed by atoms with Crippen LogP contribution < -0.4 is 5.32 Å². The Labute approximate surface area is 106 Å². The molecule has 1 atom stereocenters. The Kier molecular flexibility index (Phi) is 5.19. The van der Waals surface area contributed by atoms with E-state index < -0.39 is 0 Å². The minimum absolute atomic E-state index is 0.573. The number of aryl methyl sites for hydroxylation is 2. The third-order valence-electron chi connectivity index (χ3n) is 4.02. The molecule has 1 N–H and O–H groups in total. The van der Waals surface area contributed by atoms with Crippen LogP contribution in [0.4, 0.5) is 0 Å². The minimum atomic E-state index is 0.573. The Balaban J connectivity index is 2.61. The molecular weight excluding hydrogens is 210 g/mol. The fourth-order valence-corrected chi connectivity index (χ4v) is 2.50. The van der Waals surface area contributed by atoms with Gasteiger partial charge in [-0.15, -0.1) is 0 Å². The largest absolute Gasteiger partial charge is 0.310 e. The van der Waals surface area contributed by atoms with E-state index in [1.165, 1.54) is 24.1 Å². The predicted octanol–water partition coefficient (Wildman–Crippen LogP) is 2.95. The highest BCUT2D eigenvalue weighted by molar-refractivity contribution is 5.24. The van der Waals surface area contributed by atoms with Gasteiger partial charge in [0, 0.05) is 30.9 Å². The van der Waals surface area contributed by atoms with Crippen LogP contribution in [0.1, 0.15) is 50.6 Å². The quantitative estimate of drug-likeness (QED) is 0.824. The smallest absolute Gasteiger partial charge is 0.0641 e. The van der Waals surface area contributed by atoms with Gasteiger partial charge in [-0.25, -0.2) is 0 Å². The van der Waals surface area contributed by atoms with Crippen LogP contribution >= 0.6 is 0 Å². The van der Waals surface area contributed by atoms with Crippen molar-refractivity contribution in [3.8, 4) is 0 Å². The molecule has 0 aromatic carbocycles. The van der Waals surface area contributed by atoms with Crippen LogP contribution in [0.15, 0.2) is 0 Å². The van der Waals surface area contributed by atoms with Crippen molar-refractivity contribution in [3.05, 3.63) is 17.0 Å². The number of hydrogen-bond acceptors (Lipinski definition) is 2. The van der Waals surface area contributed by atoms with Gasteiger partial charge in [0.1, 0.15) is 0 Å². The summed E-state index contributed by atoms with van der Waals surface area (Å²) in [6.45, 7) is 12.0. The molecule has 1 aromatic rings. The van der Waals surface area contributed by atoms with Crippen molar-refractivity contribution in [3.63, 3.8) is 0 Å². The van der Waals surface area contributed by atoms with Gasteiger partial charge in [-0.2, -0.15) is 5.10 Å². The van der Waals surface area contributed by atoms with E-state index >= 15 is 0 Å². The summed E-state index contributed by atoms with van der Waals surface area (Å²) < 4.78 is 1.97. The molecule has 3 nitrogen and oxygen atoms in total. The van der Waals surface area contributed by atoms with Crippen LogP contribution in [0.3, 0.4) is 0 Å². The number of aromatic nitrogens is 2. The molecular formula is C14H27N3. The van der Waals surface area contributed by atoms with Gasteiger partial charge in [0.2, 0.25) is 0 Å². The molecule has 3 heteroatoms. The average Bonchev–Trinajstić information content (AvgIpc) is 2.53. The molecule has 0 saturated carbocycles. The fraction of sp³-hybridized carbons (Fsp3) is 0.786. The lowest BCUT2D eigenvalue weighted by Gasteiger charge is -2.22. The summed E-state index contributed by atoms with van der Waals surface area (Å²) in [5.74, 6) is 0.771. The molecule has 0 saturated heterocycles. The summed E-state index contributed by atoms with van der Waals surface area (Å²) in [7, 11) is 2.01. The molecule has 1 rings (SSSR count). The maximum atomic E-state index is 4.45. The zero-order valence-corrected chi connectivity index (χ0v) is 12.2. The minimum Gasteiger partial charge on any atom is -0.310 e. The monoisotopic (exact) mass is 237 g/mol. The molecule has 0 amide bonds. The normalized spacial score (nSPS) is 13.4. The zero-order chi connectivity index (χ0) is 13.0. The van der Waals surface area contributed by atoms with Gasteiger partial charge < -0.3 is 5.32 Å². The second-order valence-electron chi connectivity index (χ2n) is 5.02.